The summed E-state index contributed by atoms with van der Waals surface area (Å²) in [5.41, 5.74) is 2.12. The average Bonchev–Trinajstić information content (AvgIpc) is 2.71. The first-order valence-corrected chi connectivity index (χ1v) is 5.27. The molecule has 3 rings (SSSR count). The van der Waals surface area contributed by atoms with Gasteiger partial charge in [0.15, 0.2) is 12.0 Å². The van der Waals surface area contributed by atoms with E-state index in [1.54, 1.807) is 6.08 Å². The highest BCUT2D eigenvalue weighted by atomic mass is 16.3. The summed E-state index contributed by atoms with van der Waals surface area (Å²) >= 11 is 0. The Balaban J connectivity index is 2.24. The summed E-state index contributed by atoms with van der Waals surface area (Å²) in [6, 6.07) is 5.73. The van der Waals surface area contributed by atoms with Gasteiger partial charge in [0.05, 0.1) is 0 Å². The predicted octanol–water partition coefficient (Wildman–Crippen LogP) is 2.54. The minimum Gasteiger partial charge on any atom is -0.443 e. The second-order valence-corrected chi connectivity index (χ2v) is 4.09. The third-order valence-electron chi connectivity index (χ3n) is 3.30. The molecule has 2 aromatic rings. The smallest absolute Gasteiger partial charge is 0.235 e. The zero-order chi connectivity index (χ0) is 11.0. The first kappa shape index (κ1) is 9.31. The van der Waals surface area contributed by atoms with Gasteiger partial charge in [-0.25, -0.2) is 9.78 Å². The molecule has 0 N–H and O–H groups in total. The Morgan fingerprint density at radius 2 is 2.31 bits per heavy atom. The Kier molecular flexibility index (Phi) is 1.91. The molecule has 0 aliphatic heterocycles. The Morgan fingerprint density at radius 1 is 1.44 bits per heavy atom. The topological polar surface area (TPSA) is 55.5 Å². The molecular weight excluding hydrogens is 204 g/mol. The van der Waals surface area contributed by atoms with Gasteiger partial charge in [-0.15, -0.1) is 0 Å². The summed E-state index contributed by atoms with van der Waals surface area (Å²) in [6.07, 6.45) is 5.95. The van der Waals surface area contributed by atoms with Crippen LogP contribution in [0.3, 0.4) is 0 Å². The largest absolute Gasteiger partial charge is 0.443 e. The minimum absolute atomic E-state index is 0.405. The van der Waals surface area contributed by atoms with Crippen molar-refractivity contribution in [1.29, 1.82) is 0 Å². The fourth-order valence-corrected chi connectivity index (χ4v) is 2.30. The van der Waals surface area contributed by atoms with Crippen LogP contribution in [0.4, 0.5) is 0 Å². The summed E-state index contributed by atoms with van der Waals surface area (Å²) in [5.74, 6) is 0. The Labute approximate surface area is 92.0 Å². The van der Waals surface area contributed by atoms with Crippen LogP contribution in [0.1, 0.15) is 24.8 Å². The number of rotatable bonds is 2. The lowest BCUT2D eigenvalue weighted by Gasteiger charge is -2.36. The first-order chi connectivity index (χ1) is 7.86. The summed E-state index contributed by atoms with van der Waals surface area (Å²) in [4.78, 5) is 18.7. The first-order valence-electron chi connectivity index (χ1n) is 5.27. The molecule has 1 aliphatic rings. The third-order valence-corrected chi connectivity index (χ3v) is 3.30. The van der Waals surface area contributed by atoms with E-state index in [1.807, 2.05) is 18.2 Å². The van der Waals surface area contributed by atoms with Gasteiger partial charge in [0, 0.05) is 5.56 Å². The zero-order valence-corrected chi connectivity index (χ0v) is 8.64. The van der Waals surface area contributed by atoms with Gasteiger partial charge in [0.25, 0.3) is 0 Å². The van der Waals surface area contributed by atoms with E-state index in [0.29, 0.717) is 0 Å². The SMILES string of the molecule is O=C=NC1(c2cccc3ocnc23)CCC1. The minimum atomic E-state index is -0.405. The van der Waals surface area contributed by atoms with Gasteiger partial charge in [0.2, 0.25) is 6.08 Å². The van der Waals surface area contributed by atoms with Crippen molar-refractivity contribution in [1.82, 2.24) is 4.98 Å². The number of carbonyl (C=O) groups excluding carboxylic acids is 1. The van der Waals surface area contributed by atoms with Gasteiger partial charge >= 0.3 is 0 Å². The van der Waals surface area contributed by atoms with Gasteiger partial charge in [-0.1, -0.05) is 12.1 Å². The van der Waals surface area contributed by atoms with E-state index in [1.165, 1.54) is 6.39 Å². The lowest BCUT2D eigenvalue weighted by molar-refractivity contribution is 0.258. The Hall–Kier alpha value is -1.93. The molecule has 16 heavy (non-hydrogen) atoms. The molecular formula is C12H10N2O2. The Morgan fingerprint density at radius 3 is 3.00 bits per heavy atom. The van der Waals surface area contributed by atoms with E-state index in [-0.39, 0.29) is 0 Å². The van der Waals surface area contributed by atoms with Gasteiger partial charge < -0.3 is 4.42 Å². The molecule has 1 heterocycles. The van der Waals surface area contributed by atoms with E-state index in [2.05, 4.69) is 9.98 Å². The van der Waals surface area contributed by atoms with Crippen LogP contribution >= 0.6 is 0 Å². The number of benzene rings is 1. The van der Waals surface area contributed by atoms with Gasteiger partial charge in [-0.05, 0) is 25.3 Å². The highest BCUT2D eigenvalue weighted by molar-refractivity contribution is 5.77. The standard InChI is InChI=1S/C12H10N2O2/c15-7-14-12(5-2-6-12)9-3-1-4-10-11(9)13-8-16-10/h1,3-4,8H,2,5-6H2. The molecule has 0 bridgehead atoms. The second kappa shape index (κ2) is 3.29. The molecule has 1 saturated carbocycles. The maximum absolute atomic E-state index is 10.5. The fraction of sp³-hybridized carbons (Fsp3) is 0.333. The highest BCUT2D eigenvalue weighted by Gasteiger charge is 2.40. The van der Waals surface area contributed by atoms with Gasteiger partial charge in [-0.3, -0.25) is 0 Å². The second-order valence-electron chi connectivity index (χ2n) is 4.09. The number of hydrogen-bond acceptors (Lipinski definition) is 4. The van der Waals surface area contributed by atoms with Crippen LogP contribution in [0, 0.1) is 0 Å². The van der Waals surface area contributed by atoms with E-state index in [0.717, 1.165) is 35.9 Å². The van der Waals surface area contributed by atoms with Crippen molar-refractivity contribution in [2.24, 2.45) is 4.99 Å². The van der Waals surface area contributed by atoms with Crippen molar-refractivity contribution >= 4 is 17.2 Å². The molecule has 0 spiro atoms. The normalized spacial score (nSPS) is 17.8. The van der Waals surface area contributed by atoms with Crippen molar-refractivity contribution in [2.45, 2.75) is 24.8 Å². The molecule has 4 nitrogen and oxygen atoms in total. The van der Waals surface area contributed by atoms with Crippen LogP contribution in [-0.4, -0.2) is 11.1 Å². The third kappa shape index (κ3) is 1.14. The lowest BCUT2D eigenvalue weighted by Crippen LogP contribution is -2.32. The van der Waals surface area contributed by atoms with E-state index >= 15 is 0 Å². The maximum atomic E-state index is 10.5. The van der Waals surface area contributed by atoms with E-state index in [4.69, 9.17) is 4.42 Å². The highest BCUT2D eigenvalue weighted by Crippen LogP contribution is 2.46. The van der Waals surface area contributed by atoms with Crippen LogP contribution in [0.25, 0.3) is 11.1 Å². The molecule has 0 atom stereocenters. The number of aliphatic imine (C=N–C) groups is 1. The molecule has 1 aromatic carbocycles. The Bertz CT molecular complexity index is 577. The lowest BCUT2D eigenvalue weighted by atomic mass is 9.72. The van der Waals surface area contributed by atoms with Crippen molar-refractivity contribution in [3.05, 3.63) is 30.2 Å². The molecule has 0 radical (unpaired) electrons. The van der Waals surface area contributed by atoms with Gasteiger partial charge in [-0.2, -0.15) is 4.99 Å². The van der Waals surface area contributed by atoms with Crippen molar-refractivity contribution < 1.29 is 9.21 Å². The van der Waals surface area contributed by atoms with Crippen LogP contribution in [0.2, 0.25) is 0 Å². The molecule has 0 amide bonds. The van der Waals surface area contributed by atoms with Crippen molar-refractivity contribution in [3.63, 3.8) is 0 Å². The molecule has 1 aromatic heterocycles. The molecule has 1 aliphatic carbocycles. The van der Waals surface area contributed by atoms with Crippen LogP contribution < -0.4 is 0 Å². The monoisotopic (exact) mass is 214 g/mol. The number of isocyanates is 1. The van der Waals surface area contributed by atoms with Crippen LogP contribution in [-0.2, 0) is 10.3 Å². The summed E-state index contributed by atoms with van der Waals surface area (Å²) in [7, 11) is 0. The zero-order valence-electron chi connectivity index (χ0n) is 8.64. The van der Waals surface area contributed by atoms with E-state index < -0.39 is 5.54 Å². The number of oxazole rings is 1. The van der Waals surface area contributed by atoms with Crippen molar-refractivity contribution in [2.75, 3.05) is 0 Å². The van der Waals surface area contributed by atoms with Gasteiger partial charge in [0.1, 0.15) is 11.1 Å². The number of fused-ring (bicyclic) bond motifs is 1. The molecule has 4 heteroatoms. The summed E-state index contributed by atoms with van der Waals surface area (Å²) in [6.45, 7) is 0. The number of hydrogen-bond donors (Lipinski definition) is 0. The quantitative estimate of drug-likeness (QED) is 0.570. The summed E-state index contributed by atoms with van der Waals surface area (Å²) < 4.78 is 5.25. The number of aromatic nitrogens is 1. The maximum Gasteiger partial charge on any atom is 0.235 e. The summed E-state index contributed by atoms with van der Waals surface area (Å²) in [5, 5.41) is 0. The average molecular weight is 214 g/mol. The van der Waals surface area contributed by atoms with Crippen LogP contribution in [0.5, 0.6) is 0 Å². The van der Waals surface area contributed by atoms with Crippen molar-refractivity contribution in [3.8, 4) is 0 Å². The number of nitrogens with zero attached hydrogens (tertiary/aromatic N) is 2. The molecule has 80 valence electrons. The van der Waals surface area contributed by atoms with E-state index in [9.17, 15) is 4.79 Å². The van der Waals surface area contributed by atoms with Crippen LogP contribution in [0.15, 0.2) is 34.0 Å². The molecule has 0 saturated heterocycles. The fourth-order valence-electron chi connectivity index (χ4n) is 2.30. The number of para-hydroxylation sites is 1. The molecule has 0 unspecified atom stereocenters. The molecule has 1 fully saturated rings. The predicted molar refractivity (Wildman–Crippen MR) is 57.7 cm³/mol.